The lowest BCUT2D eigenvalue weighted by molar-refractivity contribution is 0.104. The highest BCUT2D eigenvalue weighted by atomic mass is 16.5. The predicted octanol–water partition coefficient (Wildman–Crippen LogP) is 2.33. The fourth-order valence-electron chi connectivity index (χ4n) is 1.77. The van der Waals surface area contributed by atoms with Gasteiger partial charge in [-0.05, 0) is 36.4 Å². The van der Waals surface area contributed by atoms with Crippen LogP contribution in [-0.2, 0) is 7.05 Å². The second-order valence-electron chi connectivity index (χ2n) is 4.18. The third kappa shape index (κ3) is 3.06. The molecule has 2 rings (SSSR count). The Morgan fingerprint density at radius 1 is 1.20 bits per heavy atom. The molecule has 2 aromatic rings. The molecule has 20 heavy (non-hydrogen) atoms. The average molecular weight is 272 g/mol. The Kier molecular flexibility index (Phi) is 4.20. The SMILES string of the molecule is COc1ccc(C(=O)/C=C/c2ccn(C)n2)cc1OC. The summed E-state index contributed by atoms with van der Waals surface area (Å²) in [7, 11) is 4.92. The number of hydrogen-bond donors (Lipinski definition) is 0. The van der Waals surface area contributed by atoms with E-state index in [0.29, 0.717) is 17.1 Å². The number of ether oxygens (including phenoxy) is 2. The van der Waals surface area contributed by atoms with Gasteiger partial charge in [-0.2, -0.15) is 5.10 Å². The van der Waals surface area contributed by atoms with E-state index < -0.39 is 0 Å². The molecule has 0 N–H and O–H groups in total. The highest BCUT2D eigenvalue weighted by Gasteiger charge is 2.08. The quantitative estimate of drug-likeness (QED) is 0.619. The summed E-state index contributed by atoms with van der Waals surface area (Å²) in [5.41, 5.74) is 1.27. The molecule has 0 aliphatic rings. The van der Waals surface area contributed by atoms with Crippen LogP contribution in [0.2, 0.25) is 0 Å². The highest BCUT2D eigenvalue weighted by molar-refractivity contribution is 6.07. The Bertz CT molecular complexity index is 644. The van der Waals surface area contributed by atoms with E-state index >= 15 is 0 Å². The van der Waals surface area contributed by atoms with Gasteiger partial charge in [-0.25, -0.2) is 0 Å². The number of aryl methyl sites for hydroxylation is 1. The molecular weight excluding hydrogens is 256 g/mol. The van der Waals surface area contributed by atoms with E-state index in [1.807, 2.05) is 19.3 Å². The molecule has 1 aromatic heterocycles. The van der Waals surface area contributed by atoms with Gasteiger partial charge in [0.2, 0.25) is 0 Å². The lowest BCUT2D eigenvalue weighted by Crippen LogP contribution is -1.97. The highest BCUT2D eigenvalue weighted by Crippen LogP contribution is 2.27. The summed E-state index contributed by atoms with van der Waals surface area (Å²) in [5, 5.41) is 4.17. The molecule has 0 saturated carbocycles. The van der Waals surface area contributed by atoms with Crippen molar-refractivity contribution in [3.63, 3.8) is 0 Å². The summed E-state index contributed by atoms with van der Waals surface area (Å²) in [6.07, 6.45) is 4.99. The van der Waals surface area contributed by atoms with Crippen molar-refractivity contribution < 1.29 is 14.3 Å². The van der Waals surface area contributed by atoms with Crippen LogP contribution >= 0.6 is 0 Å². The molecule has 0 bridgehead atoms. The molecule has 0 saturated heterocycles. The number of nitrogens with zero attached hydrogens (tertiary/aromatic N) is 2. The monoisotopic (exact) mass is 272 g/mol. The van der Waals surface area contributed by atoms with Gasteiger partial charge in [-0.3, -0.25) is 9.48 Å². The van der Waals surface area contributed by atoms with Gasteiger partial charge in [0.25, 0.3) is 0 Å². The van der Waals surface area contributed by atoms with E-state index in [1.165, 1.54) is 13.2 Å². The van der Waals surface area contributed by atoms with Crippen LogP contribution in [0, 0.1) is 0 Å². The zero-order valence-corrected chi connectivity index (χ0v) is 11.7. The van der Waals surface area contributed by atoms with Crippen LogP contribution in [0.1, 0.15) is 16.1 Å². The fourth-order valence-corrected chi connectivity index (χ4v) is 1.77. The van der Waals surface area contributed by atoms with Crippen LogP contribution < -0.4 is 9.47 Å². The zero-order chi connectivity index (χ0) is 14.5. The first-order chi connectivity index (χ1) is 9.63. The first-order valence-corrected chi connectivity index (χ1v) is 6.08. The van der Waals surface area contributed by atoms with Crippen molar-refractivity contribution in [1.29, 1.82) is 0 Å². The van der Waals surface area contributed by atoms with Gasteiger partial charge in [0.15, 0.2) is 17.3 Å². The Morgan fingerprint density at radius 2 is 1.95 bits per heavy atom. The number of hydrogen-bond acceptors (Lipinski definition) is 4. The molecule has 0 aliphatic heterocycles. The van der Waals surface area contributed by atoms with Crippen molar-refractivity contribution in [2.24, 2.45) is 7.05 Å². The van der Waals surface area contributed by atoms with Gasteiger partial charge in [0, 0.05) is 18.8 Å². The summed E-state index contributed by atoms with van der Waals surface area (Å²) in [4.78, 5) is 12.1. The minimum Gasteiger partial charge on any atom is -0.493 e. The van der Waals surface area contributed by atoms with Gasteiger partial charge in [0.05, 0.1) is 19.9 Å². The van der Waals surface area contributed by atoms with E-state index in [0.717, 1.165) is 5.69 Å². The maximum Gasteiger partial charge on any atom is 0.186 e. The number of carbonyl (C=O) groups is 1. The zero-order valence-electron chi connectivity index (χ0n) is 11.7. The number of benzene rings is 1. The van der Waals surface area contributed by atoms with Gasteiger partial charge < -0.3 is 9.47 Å². The molecule has 5 nitrogen and oxygen atoms in total. The van der Waals surface area contributed by atoms with E-state index in [9.17, 15) is 4.79 Å². The molecule has 0 spiro atoms. The molecule has 0 fully saturated rings. The maximum atomic E-state index is 12.1. The molecule has 104 valence electrons. The molecule has 0 radical (unpaired) electrons. The normalized spacial score (nSPS) is 10.8. The minimum atomic E-state index is -0.114. The second kappa shape index (κ2) is 6.06. The number of carbonyl (C=O) groups excluding carboxylic acids is 1. The standard InChI is InChI=1S/C15H16N2O3/c1-17-9-8-12(16-17)5-6-13(18)11-4-7-14(19-2)15(10-11)20-3/h4-10H,1-3H3/b6-5+. The summed E-state index contributed by atoms with van der Waals surface area (Å²) >= 11 is 0. The Hall–Kier alpha value is -2.56. The van der Waals surface area contributed by atoms with E-state index in [4.69, 9.17) is 9.47 Å². The van der Waals surface area contributed by atoms with E-state index in [2.05, 4.69) is 5.10 Å². The smallest absolute Gasteiger partial charge is 0.186 e. The molecule has 1 aromatic carbocycles. The minimum absolute atomic E-state index is 0.114. The number of aromatic nitrogens is 2. The first-order valence-electron chi connectivity index (χ1n) is 6.08. The summed E-state index contributed by atoms with van der Waals surface area (Å²) in [6, 6.07) is 6.90. The van der Waals surface area contributed by atoms with Crippen LogP contribution in [-0.4, -0.2) is 29.8 Å². The van der Waals surface area contributed by atoms with Gasteiger partial charge in [0.1, 0.15) is 0 Å². The number of ketones is 1. The maximum absolute atomic E-state index is 12.1. The number of rotatable bonds is 5. The van der Waals surface area contributed by atoms with Crippen LogP contribution in [0.3, 0.4) is 0 Å². The Morgan fingerprint density at radius 3 is 2.55 bits per heavy atom. The van der Waals surface area contributed by atoms with Crippen molar-refractivity contribution in [2.75, 3.05) is 14.2 Å². The lowest BCUT2D eigenvalue weighted by Gasteiger charge is -2.07. The van der Waals surface area contributed by atoms with Crippen molar-refractivity contribution in [2.45, 2.75) is 0 Å². The van der Waals surface area contributed by atoms with Crippen molar-refractivity contribution in [3.05, 3.63) is 47.8 Å². The summed E-state index contributed by atoms with van der Waals surface area (Å²) in [5.74, 6) is 1.01. The third-order valence-corrected chi connectivity index (χ3v) is 2.81. The molecule has 0 aliphatic carbocycles. The number of methoxy groups -OCH3 is 2. The first kappa shape index (κ1) is 13.9. The molecule has 0 unspecified atom stereocenters. The van der Waals surface area contributed by atoms with Crippen molar-refractivity contribution in [3.8, 4) is 11.5 Å². The van der Waals surface area contributed by atoms with Crippen molar-refractivity contribution >= 4 is 11.9 Å². The van der Waals surface area contributed by atoms with Crippen LogP contribution in [0.25, 0.3) is 6.08 Å². The lowest BCUT2D eigenvalue weighted by atomic mass is 10.1. The topological polar surface area (TPSA) is 53.4 Å². The average Bonchev–Trinajstić information content (AvgIpc) is 2.89. The second-order valence-corrected chi connectivity index (χ2v) is 4.18. The van der Waals surface area contributed by atoms with Crippen LogP contribution in [0.5, 0.6) is 11.5 Å². The predicted molar refractivity (Wildman–Crippen MR) is 76.1 cm³/mol. The molecule has 5 heteroatoms. The molecule has 1 heterocycles. The van der Waals surface area contributed by atoms with Gasteiger partial charge >= 0.3 is 0 Å². The van der Waals surface area contributed by atoms with E-state index in [1.54, 1.807) is 36.1 Å². The van der Waals surface area contributed by atoms with Crippen LogP contribution in [0.4, 0.5) is 0 Å². The Balaban J connectivity index is 2.19. The van der Waals surface area contributed by atoms with Gasteiger partial charge in [-0.1, -0.05) is 0 Å². The van der Waals surface area contributed by atoms with Crippen molar-refractivity contribution in [1.82, 2.24) is 9.78 Å². The fraction of sp³-hybridized carbons (Fsp3) is 0.200. The third-order valence-electron chi connectivity index (χ3n) is 2.81. The number of allylic oxidation sites excluding steroid dienone is 1. The summed E-state index contributed by atoms with van der Waals surface area (Å²) in [6.45, 7) is 0. The van der Waals surface area contributed by atoms with Gasteiger partial charge in [-0.15, -0.1) is 0 Å². The summed E-state index contributed by atoms with van der Waals surface area (Å²) < 4.78 is 12.0. The molecule has 0 amide bonds. The molecular formula is C15H16N2O3. The van der Waals surface area contributed by atoms with E-state index in [-0.39, 0.29) is 5.78 Å². The Labute approximate surface area is 117 Å². The largest absolute Gasteiger partial charge is 0.493 e. The molecule has 0 atom stereocenters. The van der Waals surface area contributed by atoms with Crippen LogP contribution in [0.15, 0.2) is 36.5 Å².